The van der Waals surface area contributed by atoms with E-state index in [2.05, 4.69) is 133 Å². The molecular formula is C67H92F2N12O4S. The highest BCUT2D eigenvalue weighted by Gasteiger charge is 2.25. The van der Waals surface area contributed by atoms with Crippen LogP contribution in [0.15, 0.2) is 114 Å². The number of hydrogen-bond donors (Lipinski definition) is 5. The van der Waals surface area contributed by atoms with E-state index in [1.807, 2.05) is 61.1 Å². The van der Waals surface area contributed by atoms with Crippen molar-refractivity contribution >= 4 is 80.6 Å². The second-order valence-corrected chi connectivity index (χ2v) is 24.3. The van der Waals surface area contributed by atoms with Gasteiger partial charge in [-0.2, -0.15) is 4.99 Å². The Morgan fingerprint density at radius 2 is 1.12 bits per heavy atom. The van der Waals surface area contributed by atoms with Gasteiger partial charge in [-0.15, -0.1) is 0 Å². The lowest BCUT2D eigenvalue weighted by Crippen LogP contribution is -2.42. The third kappa shape index (κ3) is 20.4. The van der Waals surface area contributed by atoms with Crippen molar-refractivity contribution in [3.8, 4) is 23.0 Å². The Balaban J connectivity index is 0.000000305. The number of nitrogens with one attached hydrogen (secondary N) is 4. The van der Waals surface area contributed by atoms with Gasteiger partial charge < -0.3 is 41.0 Å². The fourth-order valence-electron chi connectivity index (χ4n) is 10.5. The van der Waals surface area contributed by atoms with E-state index in [9.17, 15) is 18.4 Å². The molecule has 2 fully saturated rings. The van der Waals surface area contributed by atoms with Crippen LogP contribution in [0.4, 0.5) is 49.1 Å². The Morgan fingerprint density at radius 3 is 1.59 bits per heavy atom. The number of rotatable bonds is 14. The Labute approximate surface area is 514 Å². The standard InChI is InChI=1S/C32H39FN6O2.C21H29N5O2.C11H12FNS.3CH4/c1-20-13-21(2)18-39(17-20)19-30(40)37-29-16-24(11-12-34-29)41-23-8-10-28-27(15-23)36-31(38(28)6)35-26-14-22(32(3,4)5)7-9-25(26)33;1-14-8-15(2)12-26(11-14)13-21(27)25-20-10-17(6-7-24-20)28-16-4-5-19(23-3)18(22)9-16;1-11(2,3)8-4-5-9(12)10(6-8)13-7-14;;;/h7-12,14-16,20-21H,13,17-19H2,1-6H3,(H,35,36)(H,34,37,40);4-7,9-10,14-15,23H,8,11-13,22H2,1-3H3,(H,24,25,27);4-6H,1-3H3;3*1H4. The molecule has 6 N–H and O–H groups in total. The lowest BCUT2D eigenvalue weighted by molar-refractivity contribution is -0.118. The van der Waals surface area contributed by atoms with Crippen molar-refractivity contribution in [1.29, 1.82) is 0 Å². The summed E-state index contributed by atoms with van der Waals surface area (Å²) in [6, 6.07) is 27.9. The number of ether oxygens (including phenoxy) is 2. The summed E-state index contributed by atoms with van der Waals surface area (Å²) in [6.07, 6.45) is 5.64. The second kappa shape index (κ2) is 31.5. The van der Waals surface area contributed by atoms with E-state index >= 15 is 0 Å². The van der Waals surface area contributed by atoms with Crippen LogP contribution >= 0.6 is 12.2 Å². The van der Waals surface area contributed by atoms with Crippen molar-refractivity contribution in [1.82, 2.24) is 29.3 Å². The van der Waals surface area contributed by atoms with Crippen LogP contribution in [0.25, 0.3) is 11.0 Å². The van der Waals surface area contributed by atoms with Crippen LogP contribution in [0.2, 0.25) is 0 Å². The van der Waals surface area contributed by atoms with Gasteiger partial charge in [0, 0.05) is 76.9 Å². The van der Waals surface area contributed by atoms with Crippen molar-refractivity contribution in [3.05, 3.63) is 132 Å². The summed E-state index contributed by atoms with van der Waals surface area (Å²) in [4.78, 5) is 46.4. The summed E-state index contributed by atoms with van der Waals surface area (Å²) in [5, 5.41) is 14.1. The van der Waals surface area contributed by atoms with Gasteiger partial charge in [-0.3, -0.25) is 19.4 Å². The van der Waals surface area contributed by atoms with E-state index in [-0.39, 0.29) is 62.2 Å². The largest absolute Gasteiger partial charge is 0.457 e. The predicted octanol–water partition coefficient (Wildman–Crippen LogP) is 16.0. The number of aromatic nitrogens is 4. The van der Waals surface area contributed by atoms with E-state index in [0.717, 1.165) is 48.5 Å². The number of nitrogens with two attached hydrogens (primary N) is 1. The SMILES string of the molecule is C.C.C.CC(C)(C)c1ccc(F)c(N=C=S)c1.CC1CC(C)CN(CC(=O)Nc2cc(Oc3ccc4c(c3)nc(Nc3cc(C(C)(C)C)ccc3F)n4C)ccn2)C1.CNc1ccc(Oc2ccnc(NC(=O)CN3CC(C)CC(C)C3)c2)cc1N. The maximum atomic E-state index is 14.6. The molecule has 19 heteroatoms. The summed E-state index contributed by atoms with van der Waals surface area (Å²) in [5.74, 6) is 5.34. The summed E-state index contributed by atoms with van der Waals surface area (Å²) < 4.78 is 41.6. The second-order valence-electron chi connectivity index (χ2n) is 24.2. The number of fused-ring (bicyclic) bond motifs is 1. The Morgan fingerprint density at radius 1 is 0.651 bits per heavy atom. The lowest BCUT2D eigenvalue weighted by atomic mass is 9.87. The van der Waals surface area contributed by atoms with E-state index in [1.165, 1.54) is 25.0 Å². The average Bonchev–Trinajstić information content (AvgIpc) is 1.86. The van der Waals surface area contributed by atoms with Gasteiger partial charge >= 0.3 is 0 Å². The Bertz CT molecular complexity index is 3410. The number of carbonyl (C=O) groups is 2. The Hall–Kier alpha value is -7.83. The summed E-state index contributed by atoms with van der Waals surface area (Å²) in [6.45, 7) is 25.9. The van der Waals surface area contributed by atoms with E-state index in [1.54, 1.807) is 54.9 Å². The summed E-state index contributed by atoms with van der Waals surface area (Å²) >= 11 is 4.45. The molecular weight excluding hydrogens is 1110 g/mol. The topological polar surface area (TPSA) is 189 Å². The molecule has 0 saturated carbocycles. The number of halogens is 2. The normalized spacial score (nSPS) is 16.8. The van der Waals surface area contributed by atoms with Crippen LogP contribution in [-0.4, -0.2) is 92.6 Å². The highest BCUT2D eigenvalue weighted by Crippen LogP contribution is 2.34. The molecule has 16 nitrogen and oxygen atoms in total. The molecule has 7 aromatic rings. The zero-order valence-electron chi connectivity index (χ0n) is 49.9. The molecule has 4 atom stereocenters. The minimum Gasteiger partial charge on any atom is -0.457 e. The minimum absolute atomic E-state index is 0. The van der Waals surface area contributed by atoms with Crippen LogP contribution in [0.1, 0.15) is 115 Å². The number of pyridine rings is 2. The van der Waals surface area contributed by atoms with Crippen molar-refractivity contribution in [3.63, 3.8) is 0 Å². The molecule has 2 aliphatic heterocycles. The number of carbonyl (C=O) groups excluding carboxylic acids is 2. The first-order valence-electron chi connectivity index (χ1n) is 28.1. The molecule has 4 unspecified atom stereocenters. The molecule has 2 amide bonds. The zero-order chi connectivity index (χ0) is 60.2. The molecule has 0 bridgehead atoms. The van der Waals surface area contributed by atoms with Gasteiger partial charge in [0.25, 0.3) is 0 Å². The van der Waals surface area contributed by atoms with Crippen molar-refractivity contribution < 1.29 is 27.8 Å². The summed E-state index contributed by atoms with van der Waals surface area (Å²) in [7, 11) is 3.70. The first-order valence-corrected chi connectivity index (χ1v) is 28.5. The number of aliphatic imine (C=N–C) groups is 1. The number of thiocarbonyl (C=S) groups is 1. The number of piperidine rings is 2. The lowest BCUT2D eigenvalue weighted by Gasteiger charge is -2.34. The fourth-order valence-corrected chi connectivity index (χ4v) is 10.6. The molecule has 4 aromatic carbocycles. The van der Waals surface area contributed by atoms with Gasteiger partial charge in [-0.05, 0) is 131 Å². The Kier molecular flexibility index (Phi) is 25.9. The van der Waals surface area contributed by atoms with Crippen LogP contribution in [0, 0.1) is 35.3 Å². The highest BCUT2D eigenvalue weighted by atomic mass is 32.1. The third-order valence-electron chi connectivity index (χ3n) is 14.3. The van der Waals surface area contributed by atoms with Gasteiger partial charge in [-0.1, -0.05) is 104 Å². The quantitative estimate of drug-likeness (QED) is 0.0393. The van der Waals surface area contributed by atoms with Crippen LogP contribution < -0.4 is 36.5 Å². The van der Waals surface area contributed by atoms with Crippen LogP contribution in [-0.2, 0) is 27.5 Å². The van der Waals surface area contributed by atoms with E-state index in [0.29, 0.717) is 94.2 Å². The van der Waals surface area contributed by atoms with Gasteiger partial charge in [0.05, 0.1) is 46.3 Å². The number of likely N-dealkylation sites (tertiary alicyclic amines) is 2. The number of nitrogens with zero attached hydrogens (tertiary/aromatic N) is 7. The van der Waals surface area contributed by atoms with E-state index in [4.69, 9.17) is 20.2 Å². The average molecular weight is 1200 g/mol. The van der Waals surface area contributed by atoms with Crippen LogP contribution in [0.5, 0.6) is 23.0 Å². The molecule has 3 aromatic heterocycles. The number of amides is 2. The minimum atomic E-state index is -0.365. The van der Waals surface area contributed by atoms with Crippen molar-refractivity contribution in [2.24, 2.45) is 35.7 Å². The summed E-state index contributed by atoms with van der Waals surface area (Å²) in [5.41, 5.74) is 11.6. The predicted molar refractivity (Wildman–Crippen MR) is 354 cm³/mol. The number of isothiocyanates is 1. The number of aryl methyl sites for hydroxylation is 1. The van der Waals surface area contributed by atoms with Crippen molar-refractivity contribution in [2.45, 2.75) is 115 Å². The molecule has 86 heavy (non-hydrogen) atoms. The fraction of sp³-hybridized carbons (Fsp3) is 0.433. The van der Waals surface area contributed by atoms with Gasteiger partial charge in [-0.25, -0.2) is 23.7 Å². The maximum absolute atomic E-state index is 14.6. The first-order chi connectivity index (χ1) is 39.3. The maximum Gasteiger partial charge on any atom is 0.239 e. The molecule has 2 saturated heterocycles. The number of nitrogen functional groups attached to an aromatic ring is 1. The first kappa shape index (κ1) is 70.7. The molecule has 9 rings (SSSR count). The molecule has 0 spiro atoms. The van der Waals surface area contributed by atoms with Gasteiger partial charge in [0.2, 0.25) is 17.8 Å². The number of anilines is 6. The number of imidazole rings is 1. The van der Waals surface area contributed by atoms with Crippen LogP contribution in [0.3, 0.4) is 0 Å². The molecule has 0 radical (unpaired) electrons. The molecule has 2 aliphatic rings. The molecule has 5 heterocycles. The smallest absolute Gasteiger partial charge is 0.239 e. The monoisotopic (exact) mass is 1200 g/mol. The van der Waals surface area contributed by atoms with Gasteiger partial charge in [0.15, 0.2) is 0 Å². The number of benzene rings is 4. The number of hydrogen-bond acceptors (Lipinski definition) is 14. The third-order valence-corrected chi connectivity index (χ3v) is 14.4. The van der Waals surface area contributed by atoms with Gasteiger partial charge in [0.1, 0.15) is 52.0 Å². The zero-order valence-corrected chi connectivity index (χ0v) is 50.7. The van der Waals surface area contributed by atoms with E-state index < -0.39 is 0 Å². The molecule has 0 aliphatic carbocycles. The van der Waals surface area contributed by atoms with Crippen molar-refractivity contribution in [2.75, 3.05) is 73.3 Å². The highest BCUT2D eigenvalue weighted by molar-refractivity contribution is 7.78. The molecule has 464 valence electrons.